The lowest BCUT2D eigenvalue weighted by atomic mass is 9.82. The molecule has 0 aromatic carbocycles. The summed E-state index contributed by atoms with van der Waals surface area (Å²) >= 11 is 0. The van der Waals surface area contributed by atoms with Gasteiger partial charge in [0.1, 0.15) is 0 Å². The third-order valence-corrected chi connectivity index (χ3v) is 5.42. The first-order valence-corrected chi connectivity index (χ1v) is 11.7. The highest BCUT2D eigenvalue weighted by Crippen LogP contribution is 2.29. The second kappa shape index (κ2) is 13.8. The maximum absolute atomic E-state index is 12.2. The summed E-state index contributed by atoms with van der Waals surface area (Å²) in [7, 11) is 4.61. The van der Waals surface area contributed by atoms with Gasteiger partial charge in [-0.1, -0.05) is 55.4 Å². The third-order valence-electron chi connectivity index (χ3n) is 5.42. The SMILES string of the molecule is CN.CNC1=C(C(C)C)C(=O)C(C(C)C)=CC1=O.COC1=C(C(C)C)C(=O)C(C(C)C)=CC1=O. The summed E-state index contributed by atoms with van der Waals surface area (Å²) in [6, 6.07) is 0. The van der Waals surface area contributed by atoms with Crippen molar-refractivity contribution in [2.24, 2.45) is 29.4 Å². The van der Waals surface area contributed by atoms with Crippen LogP contribution < -0.4 is 11.1 Å². The molecule has 0 unspecified atom stereocenters. The molecule has 0 radical (unpaired) electrons. The molecule has 0 bridgehead atoms. The number of carbonyl (C=O) groups is 4. The number of hydrogen-bond acceptors (Lipinski definition) is 7. The summed E-state index contributed by atoms with van der Waals surface area (Å²) in [5.74, 6) is 0.0613. The van der Waals surface area contributed by atoms with E-state index in [0.29, 0.717) is 28.0 Å². The lowest BCUT2D eigenvalue weighted by Gasteiger charge is -2.22. The maximum Gasteiger partial charge on any atom is 0.221 e. The fourth-order valence-electron chi connectivity index (χ4n) is 3.75. The van der Waals surface area contributed by atoms with Crippen molar-refractivity contribution in [3.63, 3.8) is 0 Å². The molecule has 0 saturated carbocycles. The maximum atomic E-state index is 12.2. The highest BCUT2D eigenvalue weighted by atomic mass is 16.5. The molecule has 2 aliphatic carbocycles. The lowest BCUT2D eigenvalue weighted by molar-refractivity contribution is -0.118. The van der Waals surface area contributed by atoms with Crippen molar-refractivity contribution in [2.45, 2.75) is 55.4 Å². The van der Waals surface area contributed by atoms with E-state index in [4.69, 9.17) is 4.74 Å². The molecule has 7 nitrogen and oxygen atoms in total. The number of carbonyl (C=O) groups excluding carboxylic acids is 4. The van der Waals surface area contributed by atoms with Gasteiger partial charge in [-0.2, -0.15) is 0 Å². The summed E-state index contributed by atoms with van der Waals surface area (Å²) in [5.41, 5.74) is 7.25. The molecule has 0 saturated heterocycles. The van der Waals surface area contributed by atoms with Gasteiger partial charge in [0.25, 0.3) is 0 Å². The predicted molar refractivity (Wildman–Crippen MR) is 136 cm³/mol. The van der Waals surface area contributed by atoms with Crippen LogP contribution in [0, 0.1) is 23.7 Å². The number of methoxy groups -OCH3 is 1. The van der Waals surface area contributed by atoms with Gasteiger partial charge in [-0.05, 0) is 42.9 Å². The Morgan fingerprint density at radius 3 is 1.38 bits per heavy atom. The summed E-state index contributed by atoms with van der Waals surface area (Å²) in [4.78, 5) is 48.0. The number of hydrogen-bond donors (Lipinski definition) is 2. The zero-order valence-electron chi connectivity index (χ0n) is 22.6. The molecule has 2 rings (SSSR count). The Hall–Kier alpha value is -2.80. The van der Waals surface area contributed by atoms with Crippen molar-refractivity contribution < 1.29 is 23.9 Å². The highest BCUT2D eigenvalue weighted by molar-refractivity contribution is 6.23. The minimum atomic E-state index is -0.200. The van der Waals surface area contributed by atoms with Crippen LogP contribution in [-0.4, -0.2) is 44.3 Å². The Bertz CT molecular complexity index is 853. The van der Waals surface area contributed by atoms with Crippen molar-refractivity contribution in [1.29, 1.82) is 0 Å². The monoisotopic (exact) mass is 474 g/mol. The zero-order chi connectivity index (χ0) is 26.9. The molecular formula is C27H42N2O5. The molecule has 0 heterocycles. The number of ether oxygens (including phenoxy) is 1. The molecule has 34 heavy (non-hydrogen) atoms. The molecule has 0 aromatic rings. The van der Waals surface area contributed by atoms with E-state index in [-0.39, 0.29) is 52.6 Å². The molecule has 0 spiro atoms. The van der Waals surface area contributed by atoms with Crippen LogP contribution in [-0.2, 0) is 23.9 Å². The van der Waals surface area contributed by atoms with E-state index in [1.165, 1.54) is 26.3 Å². The van der Waals surface area contributed by atoms with Gasteiger partial charge in [0.05, 0.1) is 12.8 Å². The fraction of sp³-hybridized carbons (Fsp3) is 0.556. The van der Waals surface area contributed by atoms with E-state index in [2.05, 4.69) is 11.1 Å². The van der Waals surface area contributed by atoms with E-state index in [1.807, 2.05) is 55.4 Å². The Morgan fingerprint density at radius 2 is 1.06 bits per heavy atom. The van der Waals surface area contributed by atoms with E-state index in [9.17, 15) is 19.2 Å². The van der Waals surface area contributed by atoms with Crippen LogP contribution in [0.2, 0.25) is 0 Å². The number of Topliss-reactive ketones (excluding diaryl/α,β-unsaturated/α-hetero) is 2. The van der Waals surface area contributed by atoms with E-state index in [1.54, 1.807) is 7.05 Å². The Balaban J connectivity index is 0.000000597. The van der Waals surface area contributed by atoms with Gasteiger partial charge in [0.2, 0.25) is 11.6 Å². The summed E-state index contributed by atoms with van der Waals surface area (Å²) in [5, 5.41) is 2.84. The number of nitrogens with one attached hydrogen (secondary N) is 1. The molecule has 0 fully saturated rings. The van der Waals surface area contributed by atoms with Crippen LogP contribution >= 0.6 is 0 Å². The Kier molecular flexibility index (Phi) is 12.7. The Morgan fingerprint density at radius 1 is 0.676 bits per heavy atom. The standard InChI is InChI=1S/C13H19NO2.C13H18O3.CH5N/c1-7(2)9-6-10(15)12(14-5)11(8(3)4)13(9)16;1-7(2)9-6-10(14)13(16-5)11(8(3)4)12(9)15;1-2/h6-8,14H,1-5H3;6-8H,1-5H3;2H2,1H3. The van der Waals surface area contributed by atoms with Gasteiger partial charge in [0.15, 0.2) is 17.3 Å². The van der Waals surface area contributed by atoms with Gasteiger partial charge < -0.3 is 15.8 Å². The lowest BCUT2D eigenvalue weighted by Crippen LogP contribution is -2.30. The summed E-state index contributed by atoms with van der Waals surface area (Å²) in [6.07, 6.45) is 2.86. The van der Waals surface area contributed by atoms with Crippen molar-refractivity contribution in [3.8, 4) is 0 Å². The first-order chi connectivity index (χ1) is 15.8. The minimum Gasteiger partial charge on any atom is -0.492 e. The van der Waals surface area contributed by atoms with Crippen LogP contribution in [0.4, 0.5) is 0 Å². The topological polar surface area (TPSA) is 116 Å². The molecule has 0 amide bonds. The first kappa shape index (κ1) is 31.2. The predicted octanol–water partition coefficient (Wildman–Crippen LogP) is 3.70. The molecule has 0 atom stereocenters. The second-order valence-electron chi connectivity index (χ2n) is 9.19. The average Bonchev–Trinajstić information content (AvgIpc) is 2.76. The van der Waals surface area contributed by atoms with E-state index < -0.39 is 0 Å². The normalized spacial score (nSPS) is 16.5. The van der Waals surface area contributed by atoms with Gasteiger partial charge in [-0.15, -0.1) is 0 Å². The summed E-state index contributed by atoms with van der Waals surface area (Å²) in [6.45, 7) is 15.3. The van der Waals surface area contributed by atoms with Gasteiger partial charge in [0, 0.05) is 29.3 Å². The second-order valence-corrected chi connectivity index (χ2v) is 9.19. The number of nitrogens with two attached hydrogens (primary N) is 1. The molecule has 190 valence electrons. The smallest absolute Gasteiger partial charge is 0.221 e. The summed E-state index contributed by atoms with van der Waals surface area (Å²) < 4.78 is 5.04. The molecule has 0 aliphatic heterocycles. The number of rotatable bonds is 6. The van der Waals surface area contributed by atoms with Crippen molar-refractivity contribution in [1.82, 2.24) is 5.32 Å². The zero-order valence-corrected chi connectivity index (χ0v) is 22.6. The van der Waals surface area contributed by atoms with E-state index >= 15 is 0 Å². The average molecular weight is 475 g/mol. The molecule has 2 aliphatic rings. The Labute approximate surface area is 204 Å². The highest BCUT2D eigenvalue weighted by Gasteiger charge is 2.32. The number of likely N-dealkylation sites (N-methyl/N-ethyl adjacent to an activating group) is 1. The van der Waals surface area contributed by atoms with E-state index in [0.717, 1.165) is 0 Å². The van der Waals surface area contributed by atoms with Gasteiger partial charge in [-0.3, -0.25) is 19.2 Å². The largest absolute Gasteiger partial charge is 0.492 e. The number of ketones is 4. The minimum absolute atomic E-state index is 0.00569. The van der Waals surface area contributed by atoms with Gasteiger partial charge in [-0.25, -0.2) is 0 Å². The van der Waals surface area contributed by atoms with Crippen molar-refractivity contribution in [2.75, 3.05) is 21.2 Å². The first-order valence-electron chi connectivity index (χ1n) is 11.7. The van der Waals surface area contributed by atoms with Crippen LogP contribution in [0.25, 0.3) is 0 Å². The number of allylic oxidation sites excluding steroid dienone is 6. The van der Waals surface area contributed by atoms with Crippen LogP contribution in [0.15, 0.2) is 45.9 Å². The molecule has 0 aromatic heterocycles. The van der Waals surface area contributed by atoms with Gasteiger partial charge >= 0.3 is 0 Å². The van der Waals surface area contributed by atoms with Crippen molar-refractivity contribution >= 4 is 23.1 Å². The van der Waals surface area contributed by atoms with Crippen molar-refractivity contribution in [3.05, 3.63) is 45.9 Å². The fourth-order valence-corrected chi connectivity index (χ4v) is 3.75. The molecule has 3 N–H and O–H groups in total. The molecule has 7 heteroatoms. The quantitative estimate of drug-likeness (QED) is 0.564. The van der Waals surface area contributed by atoms with Crippen LogP contribution in [0.1, 0.15) is 55.4 Å². The molecular weight excluding hydrogens is 432 g/mol. The van der Waals surface area contributed by atoms with Crippen LogP contribution in [0.5, 0.6) is 0 Å². The van der Waals surface area contributed by atoms with Crippen LogP contribution in [0.3, 0.4) is 0 Å². The third kappa shape index (κ3) is 7.10.